The summed E-state index contributed by atoms with van der Waals surface area (Å²) >= 11 is 0. The first kappa shape index (κ1) is 22.2. The van der Waals surface area contributed by atoms with Crippen LogP contribution in [0.15, 0.2) is 60.9 Å². The summed E-state index contributed by atoms with van der Waals surface area (Å²) in [6.07, 6.45) is 5.21. The van der Waals surface area contributed by atoms with Crippen LogP contribution < -0.4 is 4.90 Å². The topological polar surface area (TPSA) is 81.8 Å². The predicted octanol–water partition coefficient (Wildman–Crippen LogP) is 3.77. The molecule has 2 aliphatic rings. The van der Waals surface area contributed by atoms with Crippen LogP contribution in [-0.2, 0) is 11.3 Å². The quantitative estimate of drug-likeness (QED) is 0.630. The fraction of sp³-hybridized carbons (Fsp3) is 0.346. The summed E-state index contributed by atoms with van der Waals surface area (Å²) < 4.78 is 5.65. The molecule has 3 amide bonds. The van der Waals surface area contributed by atoms with Gasteiger partial charge >= 0.3 is 6.03 Å². The average Bonchev–Trinajstić information content (AvgIpc) is 3.48. The molecule has 1 spiro atoms. The van der Waals surface area contributed by atoms with E-state index in [0.717, 1.165) is 35.2 Å². The van der Waals surface area contributed by atoms with E-state index >= 15 is 0 Å². The highest BCUT2D eigenvalue weighted by Crippen LogP contribution is 2.39. The van der Waals surface area contributed by atoms with E-state index in [9.17, 15) is 9.59 Å². The second-order valence-electron chi connectivity index (χ2n) is 9.23. The van der Waals surface area contributed by atoms with Gasteiger partial charge in [-0.05, 0) is 48.2 Å². The summed E-state index contributed by atoms with van der Waals surface area (Å²) in [5, 5.41) is 6.85. The molecule has 1 aromatic heterocycles. The van der Waals surface area contributed by atoms with Gasteiger partial charge < -0.3 is 14.5 Å². The lowest BCUT2D eigenvalue weighted by Gasteiger charge is -2.40. The van der Waals surface area contributed by atoms with Gasteiger partial charge in [-0.2, -0.15) is 5.10 Å². The van der Waals surface area contributed by atoms with E-state index in [0.29, 0.717) is 31.9 Å². The Hall–Kier alpha value is -3.65. The van der Waals surface area contributed by atoms with Crippen LogP contribution in [0, 0.1) is 0 Å². The van der Waals surface area contributed by atoms with Crippen LogP contribution in [0.4, 0.5) is 10.5 Å². The van der Waals surface area contributed by atoms with Crippen LogP contribution in [0.1, 0.15) is 28.8 Å². The fourth-order valence-electron chi connectivity index (χ4n) is 4.90. The minimum atomic E-state index is -0.292. The number of hydrogen-bond acceptors (Lipinski definition) is 4. The number of aromatic amines is 1. The molecule has 0 aliphatic carbocycles. The van der Waals surface area contributed by atoms with Gasteiger partial charge in [0.1, 0.15) is 0 Å². The lowest BCUT2D eigenvalue weighted by molar-refractivity contribution is 0.00611. The van der Waals surface area contributed by atoms with Gasteiger partial charge in [-0.3, -0.25) is 14.8 Å². The standard InChI is InChI=1S/C26H29N5O3/c1-29(2)24(32)21-5-3-4-19(14-21)17-31-25(33)30(18-26(31)10-12-34-13-11-26)23-8-6-20(7-9-23)22-15-27-28-16-22/h3-9,14-16H,10-13,17-18H2,1-2H3,(H,27,28). The number of hydrogen-bond donors (Lipinski definition) is 1. The molecule has 2 fully saturated rings. The van der Waals surface area contributed by atoms with Crippen molar-refractivity contribution < 1.29 is 14.3 Å². The zero-order valence-corrected chi connectivity index (χ0v) is 19.5. The Labute approximate surface area is 199 Å². The first-order valence-corrected chi connectivity index (χ1v) is 11.5. The van der Waals surface area contributed by atoms with Crippen LogP contribution in [-0.4, -0.2) is 71.3 Å². The summed E-state index contributed by atoms with van der Waals surface area (Å²) in [6, 6.07) is 15.6. The highest BCUT2D eigenvalue weighted by molar-refractivity contribution is 5.96. The van der Waals surface area contributed by atoms with Gasteiger partial charge in [0.05, 0.1) is 18.3 Å². The molecule has 0 bridgehead atoms. The van der Waals surface area contributed by atoms with Gasteiger partial charge in [0.25, 0.3) is 5.91 Å². The van der Waals surface area contributed by atoms with Crippen molar-refractivity contribution in [1.29, 1.82) is 0 Å². The largest absolute Gasteiger partial charge is 0.381 e. The van der Waals surface area contributed by atoms with Crippen LogP contribution in [0.3, 0.4) is 0 Å². The molecular weight excluding hydrogens is 430 g/mol. The number of carbonyl (C=O) groups is 2. The van der Waals surface area contributed by atoms with Crippen molar-refractivity contribution in [2.75, 3.05) is 38.8 Å². The Kier molecular flexibility index (Phi) is 5.83. The summed E-state index contributed by atoms with van der Waals surface area (Å²) in [5.41, 5.74) is 4.21. The third-order valence-corrected chi connectivity index (χ3v) is 6.84. The van der Waals surface area contributed by atoms with Crippen molar-refractivity contribution in [3.63, 3.8) is 0 Å². The molecule has 5 rings (SSSR count). The zero-order chi connectivity index (χ0) is 23.7. The Balaban J connectivity index is 1.43. The maximum Gasteiger partial charge on any atom is 0.325 e. The Morgan fingerprint density at radius 2 is 1.88 bits per heavy atom. The zero-order valence-electron chi connectivity index (χ0n) is 19.5. The van der Waals surface area contributed by atoms with Gasteiger partial charge in [-0.15, -0.1) is 0 Å². The molecule has 34 heavy (non-hydrogen) atoms. The lowest BCUT2D eigenvalue weighted by Crippen LogP contribution is -2.50. The number of urea groups is 1. The third kappa shape index (κ3) is 4.05. The Bertz CT molecular complexity index is 1170. The molecule has 2 aromatic carbocycles. The van der Waals surface area contributed by atoms with Crippen LogP contribution in [0.5, 0.6) is 0 Å². The number of ether oxygens (including phenoxy) is 1. The molecule has 2 aliphatic heterocycles. The molecule has 176 valence electrons. The molecule has 0 atom stereocenters. The SMILES string of the molecule is CN(C)C(=O)c1cccc(CN2C(=O)N(c3ccc(-c4cn[nH]c4)cc3)CC23CCOCC3)c1. The molecule has 3 heterocycles. The number of anilines is 1. The molecule has 0 saturated carbocycles. The molecular formula is C26H29N5O3. The van der Waals surface area contributed by atoms with E-state index in [2.05, 4.69) is 10.2 Å². The first-order valence-electron chi connectivity index (χ1n) is 11.5. The van der Waals surface area contributed by atoms with E-state index in [1.165, 1.54) is 0 Å². The van der Waals surface area contributed by atoms with Crippen molar-refractivity contribution in [3.05, 3.63) is 72.1 Å². The number of carbonyl (C=O) groups excluding carboxylic acids is 2. The van der Waals surface area contributed by atoms with Gasteiger partial charge in [0.2, 0.25) is 0 Å². The second kappa shape index (κ2) is 8.95. The summed E-state index contributed by atoms with van der Waals surface area (Å²) in [7, 11) is 3.48. The number of rotatable bonds is 5. The number of nitrogens with zero attached hydrogens (tertiary/aromatic N) is 4. The molecule has 0 unspecified atom stereocenters. The van der Waals surface area contributed by atoms with Crippen molar-refractivity contribution in [3.8, 4) is 11.1 Å². The molecule has 8 heteroatoms. The minimum absolute atomic E-state index is 0.0118. The van der Waals surface area contributed by atoms with Crippen molar-refractivity contribution in [2.45, 2.75) is 24.9 Å². The average molecular weight is 460 g/mol. The van der Waals surface area contributed by atoms with E-state index in [4.69, 9.17) is 4.74 Å². The van der Waals surface area contributed by atoms with Crippen LogP contribution >= 0.6 is 0 Å². The van der Waals surface area contributed by atoms with Crippen molar-refractivity contribution in [1.82, 2.24) is 20.0 Å². The molecule has 1 N–H and O–H groups in total. The monoisotopic (exact) mass is 459 g/mol. The van der Waals surface area contributed by atoms with E-state index in [1.54, 1.807) is 25.2 Å². The molecule has 3 aromatic rings. The Morgan fingerprint density at radius 1 is 1.12 bits per heavy atom. The summed E-state index contributed by atoms with van der Waals surface area (Å²) in [6.45, 7) is 2.35. The van der Waals surface area contributed by atoms with E-state index < -0.39 is 0 Å². The number of amides is 3. The Morgan fingerprint density at radius 3 is 2.56 bits per heavy atom. The molecule has 2 saturated heterocycles. The molecule has 0 radical (unpaired) electrons. The van der Waals surface area contributed by atoms with E-state index in [1.807, 2.05) is 64.5 Å². The number of aromatic nitrogens is 2. The van der Waals surface area contributed by atoms with Gasteiger partial charge in [0.15, 0.2) is 0 Å². The summed E-state index contributed by atoms with van der Waals surface area (Å²) in [5.74, 6) is -0.0466. The van der Waals surface area contributed by atoms with Gasteiger partial charge in [-0.1, -0.05) is 24.3 Å². The number of nitrogens with one attached hydrogen (secondary N) is 1. The highest BCUT2D eigenvalue weighted by Gasteiger charge is 2.50. The smallest absolute Gasteiger partial charge is 0.325 e. The minimum Gasteiger partial charge on any atom is -0.381 e. The predicted molar refractivity (Wildman–Crippen MR) is 130 cm³/mol. The van der Waals surface area contributed by atoms with Crippen LogP contribution in [0.2, 0.25) is 0 Å². The van der Waals surface area contributed by atoms with Gasteiger partial charge in [0, 0.05) is 56.9 Å². The van der Waals surface area contributed by atoms with E-state index in [-0.39, 0.29) is 17.5 Å². The maximum absolute atomic E-state index is 13.7. The maximum atomic E-state index is 13.7. The number of H-pyrrole nitrogens is 1. The highest BCUT2D eigenvalue weighted by atomic mass is 16.5. The van der Waals surface area contributed by atoms with Crippen LogP contribution in [0.25, 0.3) is 11.1 Å². The lowest BCUT2D eigenvalue weighted by atomic mass is 9.88. The van der Waals surface area contributed by atoms with Crippen molar-refractivity contribution in [2.24, 2.45) is 0 Å². The van der Waals surface area contributed by atoms with Crippen molar-refractivity contribution >= 4 is 17.6 Å². The first-order chi connectivity index (χ1) is 16.5. The summed E-state index contributed by atoms with van der Waals surface area (Å²) in [4.78, 5) is 31.6. The normalized spacial score (nSPS) is 17.4. The fourth-order valence-corrected chi connectivity index (χ4v) is 4.90. The third-order valence-electron chi connectivity index (χ3n) is 6.84. The second-order valence-corrected chi connectivity index (χ2v) is 9.23. The van der Waals surface area contributed by atoms with Gasteiger partial charge in [-0.25, -0.2) is 4.79 Å². The number of benzene rings is 2. The molecule has 8 nitrogen and oxygen atoms in total.